The van der Waals surface area contributed by atoms with E-state index in [2.05, 4.69) is 9.97 Å². The lowest BCUT2D eigenvalue weighted by Gasteiger charge is -2.55. The van der Waals surface area contributed by atoms with Gasteiger partial charge in [-0.15, -0.1) is 11.3 Å². The molecule has 3 saturated heterocycles. The summed E-state index contributed by atoms with van der Waals surface area (Å²) in [6, 6.07) is 3.08. The number of alkyl halides is 2. The number of halogens is 2. The van der Waals surface area contributed by atoms with Crippen LogP contribution in [0.5, 0.6) is 5.75 Å². The van der Waals surface area contributed by atoms with Gasteiger partial charge in [-0.3, -0.25) is 4.90 Å². The Labute approximate surface area is 204 Å². The molecule has 2 aromatic heterocycles. The van der Waals surface area contributed by atoms with Crippen molar-refractivity contribution in [1.29, 1.82) is 0 Å². The molecule has 188 valence electrons. The third-order valence-electron chi connectivity index (χ3n) is 5.96. The number of piperidine rings is 1. The van der Waals surface area contributed by atoms with E-state index in [1.54, 1.807) is 22.5 Å². The highest BCUT2D eigenvalue weighted by Gasteiger charge is 2.50. The molecule has 0 radical (unpaired) electrons. The van der Waals surface area contributed by atoms with E-state index in [0.29, 0.717) is 23.7 Å². The fourth-order valence-corrected chi connectivity index (χ4v) is 4.99. The number of thiazole rings is 1. The molecular weight excluding hydrogens is 482 g/mol. The number of oxazole rings is 1. The van der Waals surface area contributed by atoms with E-state index >= 15 is 0 Å². The maximum atomic E-state index is 14.2. The Hall–Kier alpha value is -2.99. The van der Waals surface area contributed by atoms with Crippen molar-refractivity contribution < 1.29 is 32.6 Å². The lowest BCUT2D eigenvalue weighted by atomic mass is 9.88. The molecule has 9 nitrogen and oxygen atoms in total. The Morgan fingerprint density at radius 3 is 2.60 bits per heavy atom. The quantitative estimate of drug-likeness (QED) is 0.538. The van der Waals surface area contributed by atoms with Gasteiger partial charge in [-0.25, -0.2) is 9.78 Å². The Kier molecular flexibility index (Phi) is 5.63. The Morgan fingerprint density at radius 1 is 1.29 bits per heavy atom. The first-order valence-corrected chi connectivity index (χ1v) is 12.2. The summed E-state index contributed by atoms with van der Waals surface area (Å²) in [4.78, 5) is 25.0. The van der Waals surface area contributed by atoms with Crippen molar-refractivity contribution in [3.05, 3.63) is 23.7 Å². The van der Waals surface area contributed by atoms with Crippen LogP contribution < -0.4 is 9.64 Å². The van der Waals surface area contributed by atoms with E-state index in [1.807, 2.05) is 25.7 Å². The van der Waals surface area contributed by atoms with E-state index in [9.17, 15) is 18.7 Å². The minimum Gasteiger partial charge on any atom is -0.444 e. The van der Waals surface area contributed by atoms with Crippen LogP contribution in [0.25, 0.3) is 21.7 Å². The summed E-state index contributed by atoms with van der Waals surface area (Å²) < 4.78 is 44.8. The van der Waals surface area contributed by atoms with E-state index in [1.165, 1.54) is 17.4 Å². The second-order valence-corrected chi connectivity index (χ2v) is 10.7. The predicted octanol–water partition coefficient (Wildman–Crippen LogP) is 4.50. The fourth-order valence-electron chi connectivity index (χ4n) is 4.33. The molecule has 5 heterocycles. The molecular formula is C23H26F2N4O5S. The van der Waals surface area contributed by atoms with Gasteiger partial charge in [0.25, 0.3) is 6.01 Å². The van der Waals surface area contributed by atoms with Gasteiger partial charge in [0.15, 0.2) is 23.0 Å². The van der Waals surface area contributed by atoms with Gasteiger partial charge in [0.2, 0.25) is 0 Å². The van der Waals surface area contributed by atoms with Crippen LogP contribution in [0.2, 0.25) is 0 Å². The zero-order valence-corrected chi connectivity index (χ0v) is 20.5. The SMILES string of the molecule is CC(O)C(F)(F)Oc1ccc(-c2nccs2)c2oc(N3CC4CC(C3)N4C(=O)OC(C)(C)C)nc12. The summed E-state index contributed by atoms with van der Waals surface area (Å²) in [6.45, 7) is 7.36. The van der Waals surface area contributed by atoms with Crippen LogP contribution in [-0.4, -0.2) is 69.1 Å². The summed E-state index contributed by atoms with van der Waals surface area (Å²) in [5.74, 6) is -0.209. The maximum absolute atomic E-state index is 14.2. The molecule has 3 aliphatic heterocycles. The number of ether oxygens (including phenoxy) is 2. The van der Waals surface area contributed by atoms with Crippen LogP contribution in [-0.2, 0) is 4.74 Å². The molecule has 35 heavy (non-hydrogen) atoms. The van der Waals surface area contributed by atoms with Gasteiger partial charge in [0.1, 0.15) is 10.6 Å². The number of hydrogen-bond acceptors (Lipinski definition) is 9. The van der Waals surface area contributed by atoms with Gasteiger partial charge in [-0.1, -0.05) is 0 Å². The Morgan fingerprint density at radius 2 is 2.00 bits per heavy atom. The summed E-state index contributed by atoms with van der Waals surface area (Å²) >= 11 is 1.38. The first-order chi connectivity index (χ1) is 16.4. The highest BCUT2D eigenvalue weighted by molar-refractivity contribution is 7.13. The molecule has 0 aliphatic carbocycles. The third kappa shape index (κ3) is 4.40. The summed E-state index contributed by atoms with van der Waals surface area (Å²) in [6.07, 6.45) is -3.70. The molecule has 3 unspecified atom stereocenters. The molecule has 6 rings (SSSR count). The minimum absolute atomic E-state index is 0.0627. The Balaban J connectivity index is 1.45. The molecule has 3 atom stereocenters. The molecule has 1 aromatic carbocycles. The number of aliphatic hydroxyl groups excluding tert-OH is 1. The van der Waals surface area contributed by atoms with Crippen LogP contribution in [0.3, 0.4) is 0 Å². The number of aromatic nitrogens is 2. The van der Waals surface area contributed by atoms with Crippen LogP contribution in [0.1, 0.15) is 34.1 Å². The van der Waals surface area contributed by atoms with E-state index in [-0.39, 0.29) is 41.0 Å². The fraction of sp³-hybridized carbons (Fsp3) is 0.522. The second-order valence-electron chi connectivity index (χ2n) is 9.80. The van der Waals surface area contributed by atoms with E-state index < -0.39 is 17.8 Å². The highest BCUT2D eigenvalue weighted by atomic mass is 32.1. The number of anilines is 1. The van der Waals surface area contributed by atoms with Gasteiger partial charge in [-0.2, -0.15) is 13.8 Å². The summed E-state index contributed by atoms with van der Waals surface area (Å²) in [7, 11) is 0. The average molecular weight is 509 g/mol. The normalized spacial score (nSPS) is 21.1. The molecule has 12 heteroatoms. The number of carbonyl (C=O) groups excluding carboxylic acids is 1. The molecule has 3 fully saturated rings. The Bertz CT molecular complexity index is 1230. The molecule has 3 aromatic rings. The number of rotatable bonds is 5. The monoisotopic (exact) mass is 508 g/mol. The number of fused-ring (bicyclic) bond motifs is 3. The van der Waals surface area contributed by atoms with Crippen molar-refractivity contribution in [3.8, 4) is 16.3 Å². The molecule has 3 aliphatic rings. The van der Waals surface area contributed by atoms with Gasteiger partial charge in [0.05, 0.1) is 17.6 Å². The number of piperazine rings is 1. The van der Waals surface area contributed by atoms with Crippen LogP contribution in [0.4, 0.5) is 19.6 Å². The molecule has 0 spiro atoms. The molecule has 1 N–H and O–H groups in total. The van der Waals surface area contributed by atoms with Gasteiger partial charge < -0.3 is 23.9 Å². The second kappa shape index (κ2) is 8.30. The minimum atomic E-state index is -3.81. The van der Waals surface area contributed by atoms with Gasteiger partial charge in [0, 0.05) is 24.7 Å². The van der Waals surface area contributed by atoms with Crippen LogP contribution >= 0.6 is 11.3 Å². The predicted molar refractivity (Wildman–Crippen MR) is 125 cm³/mol. The molecule has 2 bridgehead atoms. The largest absolute Gasteiger partial charge is 0.444 e. The first kappa shape index (κ1) is 23.7. The number of benzene rings is 1. The van der Waals surface area contributed by atoms with Gasteiger partial charge >= 0.3 is 12.2 Å². The van der Waals surface area contributed by atoms with Crippen LogP contribution in [0.15, 0.2) is 28.1 Å². The first-order valence-electron chi connectivity index (χ1n) is 11.3. The topological polar surface area (TPSA) is 101 Å². The lowest BCUT2D eigenvalue weighted by Crippen LogP contribution is -2.70. The summed E-state index contributed by atoms with van der Waals surface area (Å²) in [5.41, 5.74) is 0.380. The molecule has 1 amide bonds. The number of aliphatic hydroxyl groups is 1. The third-order valence-corrected chi connectivity index (χ3v) is 6.76. The van der Waals surface area contributed by atoms with Crippen molar-refractivity contribution in [1.82, 2.24) is 14.9 Å². The number of carbonyl (C=O) groups is 1. The van der Waals surface area contributed by atoms with Crippen molar-refractivity contribution in [2.45, 2.75) is 64.0 Å². The lowest BCUT2D eigenvalue weighted by molar-refractivity contribution is -0.233. The van der Waals surface area contributed by atoms with Gasteiger partial charge in [-0.05, 0) is 46.2 Å². The van der Waals surface area contributed by atoms with Crippen molar-refractivity contribution in [2.75, 3.05) is 18.0 Å². The van der Waals surface area contributed by atoms with E-state index in [4.69, 9.17) is 13.9 Å². The smallest absolute Gasteiger partial charge is 0.424 e. The standard InChI is InChI=1S/C23H26F2N4O5S/c1-12(30)23(24,25)33-16-6-5-15(19-26-7-8-35-19)18-17(16)27-20(32-18)28-10-13-9-14(11-28)29(13)21(31)34-22(2,3)4/h5-8,12-14,30H,9-11H2,1-4H3. The summed E-state index contributed by atoms with van der Waals surface area (Å²) in [5, 5.41) is 11.9. The zero-order valence-electron chi connectivity index (χ0n) is 19.7. The van der Waals surface area contributed by atoms with Crippen LogP contribution in [0, 0.1) is 0 Å². The van der Waals surface area contributed by atoms with Crippen molar-refractivity contribution in [2.24, 2.45) is 0 Å². The maximum Gasteiger partial charge on any atom is 0.424 e. The number of amides is 1. The number of hydrogen-bond donors (Lipinski definition) is 1. The van der Waals surface area contributed by atoms with Crippen molar-refractivity contribution >= 4 is 34.5 Å². The zero-order chi connectivity index (χ0) is 25.1. The average Bonchev–Trinajstić information content (AvgIpc) is 3.43. The number of nitrogens with zero attached hydrogens (tertiary/aromatic N) is 4. The van der Waals surface area contributed by atoms with Crippen molar-refractivity contribution in [3.63, 3.8) is 0 Å². The highest BCUT2D eigenvalue weighted by Crippen LogP contribution is 2.41. The molecule has 0 saturated carbocycles. The van der Waals surface area contributed by atoms with E-state index in [0.717, 1.165) is 13.3 Å².